The van der Waals surface area contributed by atoms with Crippen molar-refractivity contribution in [3.05, 3.63) is 75.5 Å². The molecule has 21 heavy (non-hydrogen) atoms. The quantitative estimate of drug-likeness (QED) is 0.625. The summed E-state index contributed by atoms with van der Waals surface area (Å²) >= 11 is 3.54. The Morgan fingerprint density at radius 1 is 1.10 bits per heavy atom. The van der Waals surface area contributed by atoms with Crippen LogP contribution < -0.4 is 0 Å². The van der Waals surface area contributed by atoms with E-state index in [0.29, 0.717) is 0 Å². The highest BCUT2D eigenvalue weighted by Crippen LogP contribution is 2.26. The summed E-state index contributed by atoms with van der Waals surface area (Å²) in [6.45, 7) is 4.00. The van der Waals surface area contributed by atoms with E-state index in [1.54, 1.807) is 12.4 Å². The molecule has 1 heterocycles. The number of carbonyl (C=O) groups excluding carboxylic acids is 1. The van der Waals surface area contributed by atoms with Crippen LogP contribution in [0.1, 0.15) is 27.0 Å². The molecule has 0 bridgehead atoms. The third-order valence-electron chi connectivity index (χ3n) is 3.62. The standard InChI is InChI=1S/C18H14BrNO/c1-11-8-14(9-12(2)17(11)19)18(21)16-5-3-4-13-10-20-7-6-15(13)16/h3-10H,1-2H3. The monoisotopic (exact) mass is 339 g/mol. The molecule has 0 aliphatic heterocycles. The minimum Gasteiger partial charge on any atom is -0.289 e. The number of rotatable bonds is 2. The predicted molar refractivity (Wildman–Crippen MR) is 88.8 cm³/mol. The first-order valence-electron chi connectivity index (χ1n) is 6.72. The van der Waals surface area contributed by atoms with E-state index in [4.69, 9.17) is 0 Å². The van der Waals surface area contributed by atoms with Crippen molar-refractivity contribution in [3.63, 3.8) is 0 Å². The van der Waals surface area contributed by atoms with Crippen molar-refractivity contribution in [1.29, 1.82) is 0 Å². The summed E-state index contributed by atoms with van der Waals surface area (Å²) < 4.78 is 1.06. The lowest BCUT2D eigenvalue weighted by Gasteiger charge is -2.09. The molecule has 0 unspecified atom stereocenters. The van der Waals surface area contributed by atoms with E-state index in [1.165, 1.54) is 0 Å². The van der Waals surface area contributed by atoms with E-state index in [-0.39, 0.29) is 5.78 Å². The third kappa shape index (κ3) is 2.49. The maximum atomic E-state index is 12.8. The average molecular weight is 340 g/mol. The van der Waals surface area contributed by atoms with E-state index in [2.05, 4.69) is 20.9 Å². The number of aromatic nitrogens is 1. The molecule has 1 aromatic heterocycles. The van der Waals surface area contributed by atoms with Gasteiger partial charge in [-0.25, -0.2) is 0 Å². The maximum Gasteiger partial charge on any atom is 0.193 e. The molecule has 0 N–H and O–H groups in total. The maximum absolute atomic E-state index is 12.8. The molecule has 3 rings (SSSR count). The highest BCUT2D eigenvalue weighted by molar-refractivity contribution is 9.10. The Balaban J connectivity index is 2.17. The van der Waals surface area contributed by atoms with Crippen molar-refractivity contribution in [2.75, 3.05) is 0 Å². The zero-order chi connectivity index (χ0) is 15.0. The number of carbonyl (C=O) groups is 1. The second kappa shape index (κ2) is 5.41. The zero-order valence-electron chi connectivity index (χ0n) is 11.9. The molecule has 0 saturated heterocycles. The van der Waals surface area contributed by atoms with E-state index in [1.807, 2.05) is 50.2 Å². The lowest BCUT2D eigenvalue weighted by atomic mass is 9.96. The van der Waals surface area contributed by atoms with Crippen molar-refractivity contribution in [1.82, 2.24) is 4.98 Å². The first-order valence-corrected chi connectivity index (χ1v) is 7.51. The summed E-state index contributed by atoms with van der Waals surface area (Å²) in [4.78, 5) is 16.9. The number of hydrogen-bond acceptors (Lipinski definition) is 2. The fraction of sp³-hybridized carbons (Fsp3) is 0.111. The Bertz CT molecular complexity index is 826. The molecule has 3 heteroatoms. The summed E-state index contributed by atoms with van der Waals surface area (Å²) in [6, 6.07) is 11.5. The largest absolute Gasteiger partial charge is 0.289 e. The Labute approximate surface area is 132 Å². The van der Waals surface area contributed by atoms with Crippen LogP contribution in [0.4, 0.5) is 0 Å². The molecule has 2 aromatic carbocycles. The molecule has 2 nitrogen and oxygen atoms in total. The Hall–Kier alpha value is -2.00. The molecule has 0 atom stereocenters. The number of nitrogens with zero attached hydrogens (tertiary/aromatic N) is 1. The average Bonchev–Trinajstić information content (AvgIpc) is 2.51. The number of aryl methyl sites for hydroxylation is 2. The van der Waals surface area contributed by atoms with Gasteiger partial charge in [-0.15, -0.1) is 0 Å². The smallest absolute Gasteiger partial charge is 0.193 e. The minimum absolute atomic E-state index is 0.0468. The lowest BCUT2D eigenvalue weighted by Crippen LogP contribution is -2.03. The number of halogens is 1. The summed E-state index contributed by atoms with van der Waals surface area (Å²) in [5.41, 5.74) is 3.58. The van der Waals surface area contributed by atoms with Crippen LogP contribution in [0.3, 0.4) is 0 Å². The van der Waals surface area contributed by atoms with Crippen molar-refractivity contribution < 1.29 is 4.79 Å². The molecule has 0 radical (unpaired) electrons. The van der Waals surface area contributed by atoms with Crippen LogP contribution in [-0.4, -0.2) is 10.8 Å². The fourth-order valence-corrected chi connectivity index (χ4v) is 2.78. The second-order valence-electron chi connectivity index (χ2n) is 5.16. The molecule has 0 aliphatic carbocycles. The summed E-state index contributed by atoms with van der Waals surface area (Å²) in [5.74, 6) is 0.0468. The molecule has 0 aliphatic rings. The van der Waals surface area contributed by atoms with Gasteiger partial charge in [-0.05, 0) is 48.6 Å². The van der Waals surface area contributed by atoms with E-state index in [0.717, 1.165) is 37.5 Å². The first-order chi connectivity index (χ1) is 10.1. The number of benzene rings is 2. The third-order valence-corrected chi connectivity index (χ3v) is 4.87. The topological polar surface area (TPSA) is 30.0 Å². The lowest BCUT2D eigenvalue weighted by molar-refractivity contribution is 0.104. The van der Waals surface area contributed by atoms with Gasteiger partial charge >= 0.3 is 0 Å². The summed E-state index contributed by atoms with van der Waals surface area (Å²) in [7, 11) is 0. The Morgan fingerprint density at radius 3 is 2.52 bits per heavy atom. The van der Waals surface area contributed by atoms with Crippen LogP contribution >= 0.6 is 15.9 Å². The predicted octanol–water partition coefficient (Wildman–Crippen LogP) is 4.85. The van der Waals surface area contributed by atoms with Crippen LogP contribution in [0.25, 0.3) is 10.8 Å². The number of hydrogen-bond donors (Lipinski definition) is 0. The van der Waals surface area contributed by atoms with Gasteiger partial charge in [0.2, 0.25) is 0 Å². The number of fused-ring (bicyclic) bond motifs is 1. The van der Waals surface area contributed by atoms with E-state index >= 15 is 0 Å². The molecule has 0 saturated carbocycles. The van der Waals surface area contributed by atoms with Crippen molar-refractivity contribution in [2.45, 2.75) is 13.8 Å². The van der Waals surface area contributed by atoms with Crippen molar-refractivity contribution >= 4 is 32.5 Å². The minimum atomic E-state index is 0.0468. The molecule has 0 fully saturated rings. The molecule has 3 aromatic rings. The van der Waals surface area contributed by atoms with Gasteiger partial charge in [0.25, 0.3) is 0 Å². The van der Waals surface area contributed by atoms with Crippen LogP contribution in [-0.2, 0) is 0 Å². The molecular weight excluding hydrogens is 326 g/mol. The highest BCUT2D eigenvalue weighted by atomic mass is 79.9. The van der Waals surface area contributed by atoms with Crippen molar-refractivity contribution in [2.24, 2.45) is 0 Å². The molecule has 0 spiro atoms. The van der Waals surface area contributed by atoms with Gasteiger partial charge in [-0.2, -0.15) is 0 Å². The number of ketones is 1. The first kappa shape index (κ1) is 14.0. The van der Waals surface area contributed by atoms with Gasteiger partial charge in [0.1, 0.15) is 0 Å². The van der Waals surface area contributed by atoms with Crippen LogP contribution in [0, 0.1) is 13.8 Å². The Morgan fingerprint density at radius 2 is 1.81 bits per heavy atom. The molecule has 104 valence electrons. The second-order valence-corrected chi connectivity index (χ2v) is 5.95. The molecule has 0 amide bonds. The van der Waals surface area contributed by atoms with E-state index in [9.17, 15) is 4.79 Å². The van der Waals surface area contributed by atoms with Crippen LogP contribution in [0.2, 0.25) is 0 Å². The van der Waals surface area contributed by atoms with Crippen LogP contribution in [0.15, 0.2) is 53.3 Å². The van der Waals surface area contributed by atoms with Crippen LogP contribution in [0.5, 0.6) is 0 Å². The van der Waals surface area contributed by atoms with Gasteiger partial charge in [0.15, 0.2) is 5.78 Å². The fourth-order valence-electron chi connectivity index (χ4n) is 2.55. The molecular formula is C18H14BrNO. The zero-order valence-corrected chi connectivity index (χ0v) is 13.4. The van der Waals surface area contributed by atoms with Gasteiger partial charge < -0.3 is 0 Å². The van der Waals surface area contributed by atoms with E-state index < -0.39 is 0 Å². The van der Waals surface area contributed by atoms with Gasteiger partial charge in [0.05, 0.1) is 0 Å². The summed E-state index contributed by atoms with van der Waals surface area (Å²) in [6.07, 6.45) is 3.50. The SMILES string of the molecule is Cc1cc(C(=O)c2cccc3cnccc23)cc(C)c1Br. The van der Waals surface area contributed by atoms with Crippen molar-refractivity contribution in [3.8, 4) is 0 Å². The normalized spacial score (nSPS) is 10.8. The highest BCUT2D eigenvalue weighted by Gasteiger charge is 2.14. The summed E-state index contributed by atoms with van der Waals surface area (Å²) in [5, 5.41) is 1.92. The number of pyridine rings is 1. The Kier molecular flexibility index (Phi) is 3.60. The van der Waals surface area contributed by atoms with Gasteiger partial charge in [-0.1, -0.05) is 34.1 Å². The van der Waals surface area contributed by atoms with Gasteiger partial charge in [-0.3, -0.25) is 9.78 Å². The van der Waals surface area contributed by atoms with Gasteiger partial charge in [0, 0.05) is 33.4 Å².